The molecule has 1 nitrogen and oxygen atoms in total. The number of rotatable bonds is 7. The van der Waals surface area contributed by atoms with Crippen LogP contribution in [0.5, 0.6) is 0 Å². The van der Waals surface area contributed by atoms with E-state index in [9.17, 15) is 13.2 Å². The normalized spacial score (nSPS) is 21.9. The number of ether oxygens (including phenoxy) is 1. The first kappa shape index (κ1) is 22.9. The standard InChI is InChI=1S/C30H29F3O/c1-2-19-3-8-22(9-4-19)26-16-13-23(29(32)30(26)33)12-7-20-5-10-21(11-6-20)25-15-14-24(17-27(25)31)28-18-34-28/h2,5-6,10-11,13-17,19,22,28H,1,3-4,7-9,12,18H2. The van der Waals surface area contributed by atoms with Crippen LogP contribution in [0.15, 0.2) is 67.3 Å². The van der Waals surface area contributed by atoms with Crippen LogP contribution in [-0.4, -0.2) is 6.61 Å². The molecule has 0 amide bonds. The zero-order valence-corrected chi connectivity index (χ0v) is 19.2. The summed E-state index contributed by atoms with van der Waals surface area (Å²) in [7, 11) is 0. The molecule has 1 aliphatic carbocycles. The van der Waals surface area contributed by atoms with Crippen LogP contribution in [0.2, 0.25) is 0 Å². The molecule has 2 fully saturated rings. The maximum Gasteiger partial charge on any atom is 0.162 e. The predicted octanol–water partition coefficient (Wildman–Crippen LogP) is 8.09. The fourth-order valence-electron chi connectivity index (χ4n) is 5.11. The molecule has 34 heavy (non-hydrogen) atoms. The molecule has 1 saturated carbocycles. The van der Waals surface area contributed by atoms with Crippen LogP contribution in [0.4, 0.5) is 13.2 Å². The molecular formula is C30H29F3O. The average Bonchev–Trinajstić information content (AvgIpc) is 3.71. The van der Waals surface area contributed by atoms with Gasteiger partial charge in [0.05, 0.1) is 6.61 Å². The van der Waals surface area contributed by atoms with Gasteiger partial charge in [0, 0.05) is 5.56 Å². The fraction of sp³-hybridized carbons (Fsp3) is 0.333. The minimum absolute atomic E-state index is 0.0255. The Morgan fingerprint density at radius 2 is 1.59 bits per heavy atom. The van der Waals surface area contributed by atoms with Gasteiger partial charge in [-0.25, -0.2) is 13.2 Å². The van der Waals surface area contributed by atoms with E-state index in [1.807, 2.05) is 36.4 Å². The minimum atomic E-state index is -0.721. The van der Waals surface area contributed by atoms with E-state index in [0.29, 0.717) is 42.1 Å². The molecule has 2 aliphatic rings. The van der Waals surface area contributed by atoms with E-state index in [4.69, 9.17) is 4.74 Å². The molecular weight excluding hydrogens is 433 g/mol. The van der Waals surface area contributed by atoms with Crippen LogP contribution in [0, 0.1) is 23.4 Å². The van der Waals surface area contributed by atoms with Gasteiger partial charge in [0.1, 0.15) is 11.9 Å². The van der Waals surface area contributed by atoms with E-state index >= 15 is 0 Å². The number of benzene rings is 3. The highest BCUT2D eigenvalue weighted by Crippen LogP contribution is 2.38. The zero-order valence-electron chi connectivity index (χ0n) is 19.2. The molecule has 1 heterocycles. The van der Waals surface area contributed by atoms with E-state index in [-0.39, 0.29) is 17.8 Å². The topological polar surface area (TPSA) is 12.5 Å². The smallest absolute Gasteiger partial charge is 0.162 e. The van der Waals surface area contributed by atoms with Gasteiger partial charge < -0.3 is 4.74 Å². The van der Waals surface area contributed by atoms with Gasteiger partial charge in [-0.05, 0) is 84.2 Å². The quantitative estimate of drug-likeness (QED) is 0.255. The SMILES string of the molecule is C=CC1CCC(c2ccc(CCc3ccc(-c4ccc(C5CO5)cc4F)cc3)c(F)c2F)CC1. The molecule has 1 saturated heterocycles. The number of allylic oxidation sites excluding steroid dienone is 1. The lowest BCUT2D eigenvalue weighted by Gasteiger charge is -2.27. The average molecular weight is 463 g/mol. The summed E-state index contributed by atoms with van der Waals surface area (Å²) in [6, 6.07) is 16.3. The van der Waals surface area contributed by atoms with Gasteiger partial charge in [-0.2, -0.15) is 0 Å². The summed E-state index contributed by atoms with van der Waals surface area (Å²) >= 11 is 0. The van der Waals surface area contributed by atoms with Crippen molar-refractivity contribution in [2.24, 2.45) is 5.92 Å². The van der Waals surface area contributed by atoms with Crippen molar-refractivity contribution in [3.8, 4) is 11.1 Å². The van der Waals surface area contributed by atoms with Crippen molar-refractivity contribution in [1.82, 2.24) is 0 Å². The summed E-state index contributed by atoms with van der Waals surface area (Å²) in [4.78, 5) is 0. The molecule has 0 aromatic heterocycles. The molecule has 176 valence electrons. The highest BCUT2D eigenvalue weighted by atomic mass is 19.2. The van der Waals surface area contributed by atoms with Gasteiger partial charge in [0.2, 0.25) is 0 Å². The Hall–Kier alpha value is -2.85. The number of halogens is 3. The van der Waals surface area contributed by atoms with Crippen molar-refractivity contribution < 1.29 is 17.9 Å². The van der Waals surface area contributed by atoms with Gasteiger partial charge in [0.25, 0.3) is 0 Å². The van der Waals surface area contributed by atoms with Crippen LogP contribution in [0.25, 0.3) is 11.1 Å². The van der Waals surface area contributed by atoms with Gasteiger partial charge in [-0.3, -0.25) is 0 Å². The van der Waals surface area contributed by atoms with Gasteiger partial charge >= 0.3 is 0 Å². The lowest BCUT2D eigenvalue weighted by atomic mass is 9.78. The Bertz CT molecular complexity index is 1170. The molecule has 5 rings (SSSR count). The molecule has 3 aromatic carbocycles. The summed E-state index contributed by atoms with van der Waals surface area (Å²) in [5.41, 5.74) is 4.10. The number of epoxide rings is 1. The first-order valence-electron chi connectivity index (χ1n) is 12.1. The molecule has 0 spiro atoms. The highest BCUT2D eigenvalue weighted by Gasteiger charge is 2.26. The Morgan fingerprint density at radius 1 is 0.853 bits per heavy atom. The van der Waals surface area contributed by atoms with Gasteiger partial charge in [-0.15, -0.1) is 6.58 Å². The summed E-state index contributed by atoms with van der Waals surface area (Å²) in [5, 5.41) is 0. The molecule has 1 aliphatic heterocycles. The van der Waals surface area contributed by atoms with E-state index in [2.05, 4.69) is 6.58 Å². The van der Waals surface area contributed by atoms with Crippen LogP contribution >= 0.6 is 0 Å². The van der Waals surface area contributed by atoms with Crippen molar-refractivity contribution in [2.45, 2.75) is 50.5 Å². The van der Waals surface area contributed by atoms with E-state index in [1.54, 1.807) is 18.2 Å². The van der Waals surface area contributed by atoms with Crippen LogP contribution < -0.4 is 0 Å². The molecule has 0 bridgehead atoms. The third kappa shape index (κ3) is 4.83. The minimum Gasteiger partial charge on any atom is -0.368 e. The third-order valence-corrected chi connectivity index (χ3v) is 7.38. The Kier molecular flexibility index (Phi) is 6.60. The molecule has 4 heteroatoms. The van der Waals surface area contributed by atoms with E-state index in [1.165, 1.54) is 6.07 Å². The third-order valence-electron chi connectivity index (χ3n) is 7.38. The van der Waals surface area contributed by atoms with Crippen molar-refractivity contribution in [3.05, 3.63) is 107 Å². The number of aryl methyl sites for hydroxylation is 2. The number of hydrogen-bond donors (Lipinski definition) is 0. The Balaban J connectivity index is 1.23. The zero-order chi connectivity index (χ0) is 23.7. The largest absolute Gasteiger partial charge is 0.368 e. The van der Waals surface area contributed by atoms with E-state index in [0.717, 1.165) is 42.4 Å². The highest BCUT2D eigenvalue weighted by molar-refractivity contribution is 5.65. The first-order valence-corrected chi connectivity index (χ1v) is 12.1. The summed E-state index contributed by atoms with van der Waals surface area (Å²) in [6.07, 6.45) is 6.70. The predicted molar refractivity (Wildman–Crippen MR) is 129 cm³/mol. The van der Waals surface area contributed by atoms with Gasteiger partial charge in [-0.1, -0.05) is 54.6 Å². The second kappa shape index (κ2) is 9.79. The lowest BCUT2D eigenvalue weighted by Crippen LogP contribution is -2.14. The van der Waals surface area contributed by atoms with Crippen molar-refractivity contribution >= 4 is 0 Å². The van der Waals surface area contributed by atoms with Crippen molar-refractivity contribution in [1.29, 1.82) is 0 Å². The summed E-state index contributed by atoms with van der Waals surface area (Å²) < 4.78 is 49.5. The molecule has 0 radical (unpaired) electrons. The van der Waals surface area contributed by atoms with E-state index < -0.39 is 11.6 Å². The summed E-state index contributed by atoms with van der Waals surface area (Å²) in [6.45, 7) is 4.50. The fourth-order valence-corrected chi connectivity index (χ4v) is 5.11. The molecule has 1 atom stereocenters. The van der Waals surface area contributed by atoms with Crippen LogP contribution in [0.1, 0.15) is 60.0 Å². The second-order valence-corrected chi connectivity index (χ2v) is 9.55. The molecule has 1 unspecified atom stereocenters. The monoisotopic (exact) mass is 462 g/mol. The lowest BCUT2D eigenvalue weighted by molar-refractivity contribution is 0.363. The van der Waals surface area contributed by atoms with Crippen LogP contribution in [-0.2, 0) is 17.6 Å². The Labute approximate surface area is 199 Å². The maximum absolute atomic E-state index is 14.9. The second-order valence-electron chi connectivity index (χ2n) is 9.55. The molecule has 0 N–H and O–H groups in total. The van der Waals surface area contributed by atoms with Crippen LogP contribution in [0.3, 0.4) is 0 Å². The van der Waals surface area contributed by atoms with Gasteiger partial charge in [0.15, 0.2) is 11.6 Å². The first-order chi connectivity index (χ1) is 16.5. The molecule has 3 aromatic rings. The maximum atomic E-state index is 14.9. The number of hydrogen-bond acceptors (Lipinski definition) is 1. The van der Waals surface area contributed by atoms with Crippen molar-refractivity contribution in [3.63, 3.8) is 0 Å². The summed E-state index contributed by atoms with van der Waals surface area (Å²) in [5.74, 6) is -1.11. The van der Waals surface area contributed by atoms with Crippen molar-refractivity contribution in [2.75, 3.05) is 6.61 Å². The Morgan fingerprint density at radius 3 is 2.24 bits per heavy atom.